The van der Waals surface area contributed by atoms with E-state index in [0.717, 1.165) is 49.6 Å². The Morgan fingerprint density at radius 3 is 2.59 bits per heavy atom. The average molecular weight is 518 g/mol. The minimum absolute atomic E-state index is 0.0865. The molecule has 37 heavy (non-hydrogen) atoms. The van der Waals surface area contributed by atoms with Crippen LogP contribution in [0.4, 0.5) is 17.6 Å². The summed E-state index contributed by atoms with van der Waals surface area (Å²) in [6.07, 6.45) is 3.95. The molecule has 7 heteroatoms. The lowest BCUT2D eigenvalue weighted by Gasteiger charge is -2.16. The Kier molecular flexibility index (Phi) is 9.57. The molecule has 0 saturated heterocycles. The van der Waals surface area contributed by atoms with E-state index in [1.165, 1.54) is 17.7 Å². The van der Waals surface area contributed by atoms with Crippen LogP contribution in [0.3, 0.4) is 0 Å². The third kappa shape index (κ3) is 7.94. The standard InChI is InChI=1S/C30H35F4NO2/c1-6-22-12-20(4)13-24(22)14-21(5)37-18-25-15-23(9-10-28(25)31)26-17-35-29(16-27(26)30(32,33)34)36-11-7-8-19(2)3/h6,9-10,14-17,19-20H,5,7-8,11-13,18H2,1-4H3/b22-6-,24-14-. The van der Waals surface area contributed by atoms with Crippen LogP contribution in [0.25, 0.3) is 11.1 Å². The summed E-state index contributed by atoms with van der Waals surface area (Å²) in [5, 5.41) is 0. The molecule has 1 aliphatic rings. The number of rotatable bonds is 10. The number of pyridine rings is 1. The predicted molar refractivity (Wildman–Crippen MR) is 138 cm³/mol. The van der Waals surface area contributed by atoms with Crippen molar-refractivity contribution in [2.24, 2.45) is 11.8 Å². The number of halogens is 4. The molecular weight excluding hydrogens is 482 g/mol. The van der Waals surface area contributed by atoms with Crippen molar-refractivity contribution in [3.8, 4) is 17.0 Å². The van der Waals surface area contributed by atoms with E-state index in [-0.39, 0.29) is 35.8 Å². The van der Waals surface area contributed by atoms with Gasteiger partial charge in [0.1, 0.15) is 18.2 Å². The van der Waals surface area contributed by atoms with Crippen molar-refractivity contribution in [2.45, 2.75) is 66.2 Å². The van der Waals surface area contributed by atoms with Crippen LogP contribution in [-0.4, -0.2) is 11.6 Å². The van der Waals surface area contributed by atoms with Gasteiger partial charge < -0.3 is 9.47 Å². The molecule has 3 rings (SSSR count). The number of benzene rings is 1. The molecule has 1 unspecified atom stereocenters. The first-order chi connectivity index (χ1) is 17.5. The second-order valence-electron chi connectivity index (χ2n) is 10.0. The van der Waals surface area contributed by atoms with Gasteiger partial charge in [0.2, 0.25) is 5.88 Å². The molecule has 0 radical (unpaired) electrons. The van der Waals surface area contributed by atoms with Gasteiger partial charge in [-0.15, -0.1) is 0 Å². The van der Waals surface area contributed by atoms with Crippen molar-refractivity contribution in [1.29, 1.82) is 0 Å². The summed E-state index contributed by atoms with van der Waals surface area (Å²) in [6, 6.07) is 4.71. The summed E-state index contributed by atoms with van der Waals surface area (Å²) < 4.78 is 67.4. The van der Waals surface area contributed by atoms with Gasteiger partial charge in [-0.1, -0.05) is 39.5 Å². The van der Waals surface area contributed by atoms with Crippen molar-refractivity contribution < 1.29 is 27.0 Å². The summed E-state index contributed by atoms with van der Waals surface area (Å²) in [5.41, 5.74) is 1.66. The van der Waals surface area contributed by atoms with E-state index in [2.05, 4.69) is 38.4 Å². The topological polar surface area (TPSA) is 31.4 Å². The number of ether oxygens (including phenoxy) is 2. The number of nitrogens with zero attached hydrogens (tertiary/aromatic N) is 1. The van der Waals surface area contributed by atoms with Crippen LogP contribution >= 0.6 is 0 Å². The quantitative estimate of drug-likeness (QED) is 0.179. The average Bonchev–Trinajstić information content (AvgIpc) is 3.19. The normalized spacial score (nSPS) is 18.1. The van der Waals surface area contributed by atoms with E-state index in [1.54, 1.807) is 0 Å². The van der Waals surface area contributed by atoms with E-state index < -0.39 is 17.6 Å². The summed E-state index contributed by atoms with van der Waals surface area (Å²) in [6.45, 7) is 12.3. The van der Waals surface area contributed by atoms with Gasteiger partial charge in [-0.25, -0.2) is 9.37 Å². The van der Waals surface area contributed by atoms with Gasteiger partial charge >= 0.3 is 6.18 Å². The number of hydrogen-bond donors (Lipinski definition) is 0. The van der Waals surface area contributed by atoms with E-state index >= 15 is 0 Å². The lowest BCUT2D eigenvalue weighted by Crippen LogP contribution is -2.10. The maximum atomic E-state index is 14.5. The van der Waals surface area contributed by atoms with Gasteiger partial charge in [0, 0.05) is 23.4 Å². The van der Waals surface area contributed by atoms with Crippen molar-refractivity contribution in [3.63, 3.8) is 0 Å². The minimum atomic E-state index is -4.64. The Labute approximate surface area is 216 Å². The summed E-state index contributed by atoms with van der Waals surface area (Å²) in [4.78, 5) is 4.08. The highest BCUT2D eigenvalue weighted by atomic mass is 19.4. The summed E-state index contributed by atoms with van der Waals surface area (Å²) in [5.74, 6) is 0.737. The van der Waals surface area contributed by atoms with Crippen LogP contribution in [0, 0.1) is 17.7 Å². The lowest BCUT2D eigenvalue weighted by molar-refractivity contribution is -0.137. The van der Waals surface area contributed by atoms with E-state index in [9.17, 15) is 17.6 Å². The third-order valence-corrected chi connectivity index (χ3v) is 6.36. The number of aromatic nitrogens is 1. The van der Waals surface area contributed by atoms with Gasteiger partial charge in [0.25, 0.3) is 0 Å². The highest BCUT2D eigenvalue weighted by Crippen LogP contribution is 2.39. The highest BCUT2D eigenvalue weighted by Gasteiger charge is 2.35. The zero-order valence-electron chi connectivity index (χ0n) is 21.9. The maximum Gasteiger partial charge on any atom is 0.417 e. The van der Waals surface area contributed by atoms with Crippen molar-refractivity contribution in [1.82, 2.24) is 4.98 Å². The summed E-state index contributed by atoms with van der Waals surface area (Å²) >= 11 is 0. The second-order valence-corrected chi connectivity index (χ2v) is 10.0. The highest BCUT2D eigenvalue weighted by molar-refractivity contribution is 5.68. The molecule has 0 bridgehead atoms. The summed E-state index contributed by atoms with van der Waals surface area (Å²) in [7, 11) is 0. The van der Waals surface area contributed by atoms with Crippen LogP contribution in [0.1, 0.15) is 64.5 Å². The molecule has 0 amide bonds. The smallest absolute Gasteiger partial charge is 0.417 e. The molecule has 0 spiro atoms. The Morgan fingerprint density at radius 2 is 1.92 bits per heavy atom. The molecule has 1 heterocycles. The Morgan fingerprint density at radius 1 is 1.19 bits per heavy atom. The molecule has 1 aliphatic carbocycles. The first kappa shape index (κ1) is 28.5. The fourth-order valence-corrected chi connectivity index (χ4v) is 4.45. The predicted octanol–water partition coefficient (Wildman–Crippen LogP) is 9.05. The Balaban J connectivity index is 1.78. The minimum Gasteiger partial charge on any atom is -0.489 e. The zero-order valence-corrected chi connectivity index (χ0v) is 21.9. The fraction of sp³-hybridized carbons (Fsp3) is 0.433. The van der Waals surface area contributed by atoms with Crippen LogP contribution in [0.2, 0.25) is 0 Å². The molecule has 3 nitrogen and oxygen atoms in total. The number of allylic oxidation sites excluding steroid dienone is 4. The molecule has 0 N–H and O–H groups in total. The van der Waals surface area contributed by atoms with Crippen molar-refractivity contribution in [2.75, 3.05) is 6.61 Å². The van der Waals surface area contributed by atoms with Crippen molar-refractivity contribution >= 4 is 0 Å². The first-order valence-corrected chi connectivity index (χ1v) is 12.6. The molecule has 0 aliphatic heterocycles. The third-order valence-electron chi connectivity index (χ3n) is 6.36. The Bertz CT molecular complexity index is 1160. The van der Waals surface area contributed by atoms with Crippen molar-refractivity contribution in [3.05, 3.63) is 83.0 Å². The fourth-order valence-electron chi connectivity index (χ4n) is 4.45. The van der Waals surface area contributed by atoms with Crippen LogP contribution < -0.4 is 4.74 Å². The first-order valence-electron chi connectivity index (χ1n) is 12.6. The number of alkyl halides is 3. The SMILES string of the molecule is C=C(/C=C1/CC(C)C/C1=C/C)OCc1cc(-c2cnc(OCCCC(C)C)cc2C(F)(F)F)ccc1F. The van der Waals surface area contributed by atoms with Gasteiger partial charge in [0.15, 0.2) is 0 Å². The molecule has 1 aromatic carbocycles. The van der Waals surface area contributed by atoms with Gasteiger partial charge in [-0.05, 0) is 79.4 Å². The molecular formula is C30H35F4NO2. The lowest BCUT2D eigenvalue weighted by atomic mass is 9.99. The van der Waals surface area contributed by atoms with Gasteiger partial charge in [0.05, 0.1) is 12.2 Å². The molecule has 1 atom stereocenters. The van der Waals surface area contributed by atoms with Crippen LogP contribution in [0.5, 0.6) is 5.88 Å². The molecule has 2 aromatic rings. The van der Waals surface area contributed by atoms with Gasteiger partial charge in [-0.2, -0.15) is 13.2 Å². The van der Waals surface area contributed by atoms with E-state index in [0.29, 0.717) is 17.6 Å². The Hall–Kier alpha value is -3.09. The van der Waals surface area contributed by atoms with Crippen LogP contribution in [0.15, 0.2) is 66.1 Å². The molecule has 1 fully saturated rings. The van der Waals surface area contributed by atoms with E-state index in [4.69, 9.17) is 9.47 Å². The molecule has 1 aromatic heterocycles. The largest absolute Gasteiger partial charge is 0.489 e. The monoisotopic (exact) mass is 517 g/mol. The van der Waals surface area contributed by atoms with Crippen LogP contribution in [-0.2, 0) is 17.5 Å². The maximum absolute atomic E-state index is 14.5. The second kappa shape index (κ2) is 12.4. The van der Waals surface area contributed by atoms with E-state index in [1.807, 2.05) is 13.0 Å². The molecule has 1 saturated carbocycles. The zero-order chi connectivity index (χ0) is 27.2. The van der Waals surface area contributed by atoms with Gasteiger partial charge in [-0.3, -0.25) is 0 Å². The molecule has 200 valence electrons. The number of hydrogen-bond acceptors (Lipinski definition) is 3.